The van der Waals surface area contributed by atoms with Crippen molar-refractivity contribution < 1.29 is 18.3 Å². The van der Waals surface area contributed by atoms with Crippen molar-refractivity contribution in [3.8, 4) is 0 Å². The van der Waals surface area contributed by atoms with Crippen molar-refractivity contribution in [2.75, 3.05) is 6.54 Å². The first-order valence-electron chi connectivity index (χ1n) is 7.62. The summed E-state index contributed by atoms with van der Waals surface area (Å²) >= 11 is 0. The van der Waals surface area contributed by atoms with Crippen molar-refractivity contribution in [3.05, 3.63) is 59.9 Å². The van der Waals surface area contributed by atoms with Crippen LogP contribution >= 0.6 is 0 Å². The van der Waals surface area contributed by atoms with Gasteiger partial charge in [-0.05, 0) is 18.1 Å². The van der Waals surface area contributed by atoms with E-state index in [1.165, 1.54) is 12.1 Å². The van der Waals surface area contributed by atoms with Crippen molar-refractivity contribution in [2.45, 2.75) is 31.3 Å². The topological polar surface area (TPSA) is 41.3 Å². The molecule has 3 rings (SSSR count). The lowest BCUT2D eigenvalue weighted by Gasteiger charge is -2.26. The Balaban J connectivity index is 1.90. The maximum absolute atomic E-state index is 13.3. The molecule has 0 radical (unpaired) electrons. The first-order valence-corrected chi connectivity index (χ1v) is 7.62. The Labute approximate surface area is 137 Å². The van der Waals surface area contributed by atoms with Crippen LogP contribution in [0.4, 0.5) is 13.2 Å². The lowest BCUT2D eigenvalue weighted by molar-refractivity contribution is -0.138. The smallest absolute Gasteiger partial charge is 0.392 e. The zero-order chi connectivity index (χ0) is 17.3. The number of aliphatic hydroxyl groups is 1. The largest absolute Gasteiger partial charge is 0.416 e. The Hall–Kier alpha value is -2.12. The molecular formula is C17H18F3N3O. The molecule has 128 valence electrons. The van der Waals surface area contributed by atoms with E-state index >= 15 is 0 Å². The third-order valence-corrected chi connectivity index (χ3v) is 4.23. The minimum absolute atomic E-state index is 0.206. The molecule has 1 saturated heterocycles. The van der Waals surface area contributed by atoms with Gasteiger partial charge in [-0.25, -0.2) is 4.68 Å². The fraction of sp³-hybridized carbons (Fsp3) is 0.353. The third kappa shape index (κ3) is 3.37. The van der Waals surface area contributed by atoms with Gasteiger partial charge in [-0.2, -0.15) is 18.3 Å². The second kappa shape index (κ2) is 6.41. The van der Waals surface area contributed by atoms with Crippen LogP contribution in [0.2, 0.25) is 0 Å². The molecule has 0 spiro atoms. The van der Waals surface area contributed by atoms with Gasteiger partial charge < -0.3 is 5.11 Å². The van der Waals surface area contributed by atoms with E-state index in [0.29, 0.717) is 13.1 Å². The normalized spacial score (nSPS) is 22.0. The molecule has 0 amide bonds. The van der Waals surface area contributed by atoms with Gasteiger partial charge in [0, 0.05) is 37.1 Å². The van der Waals surface area contributed by atoms with Crippen molar-refractivity contribution in [1.29, 1.82) is 0 Å². The molecule has 2 aromatic rings. The van der Waals surface area contributed by atoms with Crippen molar-refractivity contribution >= 4 is 6.20 Å². The summed E-state index contributed by atoms with van der Waals surface area (Å²) in [7, 11) is 0. The quantitative estimate of drug-likeness (QED) is 0.931. The molecule has 0 bridgehead atoms. The van der Waals surface area contributed by atoms with Crippen LogP contribution in [-0.4, -0.2) is 32.4 Å². The maximum Gasteiger partial charge on any atom is 0.416 e. The lowest BCUT2D eigenvalue weighted by atomic mass is 9.97. The number of aliphatic hydroxyl groups excluding tert-OH is 1. The van der Waals surface area contributed by atoms with Crippen LogP contribution in [-0.2, 0) is 12.7 Å². The van der Waals surface area contributed by atoms with E-state index in [-0.39, 0.29) is 12.0 Å². The molecule has 0 unspecified atom stereocenters. The van der Waals surface area contributed by atoms with Crippen LogP contribution in [0.3, 0.4) is 0 Å². The second-order valence-corrected chi connectivity index (χ2v) is 5.93. The van der Waals surface area contributed by atoms with Crippen molar-refractivity contribution in [1.82, 2.24) is 14.7 Å². The number of alkyl halides is 3. The molecular weight excluding hydrogens is 319 g/mol. The molecule has 0 saturated carbocycles. The average Bonchev–Trinajstić information content (AvgIpc) is 3.13. The number of hydrogen-bond donors (Lipinski definition) is 1. The van der Waals surface area contributed by atoms with E-state index in [0.717, 1.165) is 11.6 Å². The van der Waals surface area contributed by atoms with Crippen LogP contribution in [0, 0.1) is 0 Å². The molecule has 24 heavy (non-hydrogen) atoms. The predicted molar refractivity (Wildman–Crippen MR) is 83.8 cm³/mol. The Morgan fingerprint density at radius 1 is 1.33 bits per heavy atom. The molecule has 1 aromatic heterocycles. The Bertz CT molecular complexity index is 726. The first kappa shape index (κ1) is 16.7. The van der Waals surface area contributed by atoms with E-state index in [4.69, 9.17) is 0 Å². The zero-order valence-electron chi connectivity index (χ0n) is 12.9. The van der Waals surface area contributed by atoms with E-state index in [1.54, 1.807) is 29.3 Å². The Kier molecular flexibility index (Phi) is 4.47. The van der Waals surface area contributed by atoms with E-state index < -0.39 is 23.9 Å². The minimum Gasteiger partial charge on any atom is -0.392 e. The van der Waals surface area contributed by atoms with E-state index in [9.17, 15) is 18.3 Å². The fourth-order valence-electron chi connectivity index (χ4n) is 3.22. The molecule has 0 aliphatic carbocycles. The summed E-state index contributed by atoms with van der Waals surface area (Å²) in [5.41, 5.74) is 0.423. The average molecular weight is 337 g/mol. The highest BCUT2D eigenvalue weighted by atomic mass is 19.4. The summed E-state index contributed by atoms with van der Waals surface area (Å²) < 4.78 is 41.4. The molecule has 1 fully saturated rings. The highest BCUT2D eigenvalue weighted by Crippen LogP contribution is 2.40. The molecule has 2 heterocycles. The van der Waals surface area contributed by atoms with Crippen LogP contribution < -0.4 is 0 Å². The number of likely N-dealkylation sites (tertiary alicyclic amines) is 1. The highest BCUT2D eigenvalue weighted by molar-refractivity contribution is 5.33. The third-order valence-electron chi connectivity index (χ3n) is 4.23. The molecule has 1 aliphatic rings. The minimum atomic E-state index is -4.41. The second-order valence-electron chi connectivity index (χ2n) is 5.93. The van der Waals surface area contributed by atoms with Gasteiger partial charge in [0.25, 0.3) is 0 Å². The Morgan fingerprint density at radius 3 is 2.75 bits per heavy atom. The molecule has 1 aliphatic heterocycles. The number of β-amino-alcohol motifs (C(OH)–C–C–N with tert-alkyl or cyclic N) is 1. The number of rotatable bonds is 4. The van der Waals surface area contributed by atoms with Crippen LogP contribution in [0.25, 0.3) is 6.20 Å². The van der Waals surface area contributed by atoms with Gasteiger partial charge >= 0.3 is 6.18 Å². The van der Waals surface area contributed by atoms with Gasteiger partial charge in [0.1, 0.15) is 0 Å². The number of halogens is 3. The van der Waals surface area contributed by atoms with Gasteiger partial charge in [-0.1, -0.05) is 24.8 Å². The predicted octanol–water partition coefficient (Wildman–Crippen LogP) is 3.31. The summed E-state index contributed by atoms with van der Waals surface area (Å²) in [4.78, 5) is 1.86. The van der Waals surface area contributed by atoms with Gasteiger partial charge in [-0.15, -0.1) is 0 Å². The summed E-state index contributed by atoms with van der Waals surface area (Å²) in [5, 5.41) is 14.1. The molecule has 1 aromatic carbocycles. The van der Waals surface area contributed by atoms with E-state index in [1.807, 2.05) is 4.90 Å². The number of nitrogens with zero attached hydrogens (tertiary/aromatic N) is 3. The monoisotopic (exact) mass is 337 g/mol. The van der Waals surface area contributed by atoms with Gasteiger partial charge in [-0.3, -0.25) is 4.90 Å². The SMILES string of the molecule is C=Cn1cc(CN2C[C@@H](O)C[C@H]2c2ccccc2C(F)(F)F)cn1. The molecule has 7 heteroatoms. The van der Waals surface area contributed by atoms with Crippen LogP contribution in [0.15, 0.2) is 43.2 Å². The number of aromatic nitrogens is 2. The molecule has 1 N–H and O–H groups in total. The summed E-state index contributed by atoms with van der Waals surface area (Å²) in [6.45, 7) is 4.36. The fourth-order valence-corrected chi connectivity index (χ4v) is 3.22. The molecule has 4 nitrogen and oxygen atoms in total. The summed E-state index contributed by atoms with van der Waals surface area (Å²) in [5.74, 6) is 0. The summed E-state index contributed by atoms with van der Waals surface area (Å²) in [6.07, 6.45) is 0.180. The number of benzene rings is 1. The van der Waals surface area contributed by atoms with Crippen LogP contribution in [0.5, 0.6) is 0 Å². The molecule has 2 atom stereocenters. The Morgan fingerprint density at radius 2 is 2.08 bits per heavy atom. The number of hydrogen-bond acceptors (Lipinski definition) is 3. The van der Waals surface area contributed by atoms with Crippen molar-refractivity contribution in [3.63, 3.8) is 0 Å². The summed E-state index contributed by atoms with van der Waals surface area (Å²) in [6, 6.07) is 5.09. The van der Waals surface area contributed by atoms with Gasteiger partial charge in [0.2, 0.25) is 0 Å². The lowest BCUT2D eigenvalue weighted by Crippen LogP contribution is -2.25. The van der Waals surface area contributed by atoms with Crippen LogP contribution in [0.1, 0.15) is 29.2 Å². The highest BCUT2D eigenvalue weighted by Gasteiger charge is 2.39. The van der Waals surface area contributed by atoms with Gasteiger partial charge in [0.05, 0.1) is 17.9 Å². The van der Waals surface area contributed by atoms with Crippen molar-refractivity contribution in [2.24, 2.45) is 0 Å². The standard InChI is InChI=1S/C17H18F3N3O/c1-2-23-10-12(8-21-23)9-22-11-13(24)7-16(22)14-5-3-4-6-15(14)17(18,19)20/h2-6,8,10,13,16,24H,1,7,9,11H2/t13-,16-/m0/s1. The zero-order valence-corrected chi connectivity index (χ0v) is 12.9. The maximum atomic E-state index is 13.3. The first-order chi connectivity index (χ1) is 11.4. The van der Waals surface area contributed by atoms with Gasteiger partial charge in [0.15, 0.2) is 0 Å². The van der Waals surface area contributed by atoms with E-state index in [2.05, 4.69) is 11.7 Å².